The molecule has 0 unspecified atom stereocenters. The van der Waals surface area contributed by atoms with Crippen LogP contribution in [0, 0.1) is 12.8 Å². The van der Waals surface area contributed by atoms with Gasteiger partial charge in [0, 0.05) is 24.0 Å². The van der Waals surface area contributed by atoms with E-state index < -0.39 is 10.0 Å². The minimum Gasteiger partial charge on any atom is -0.312 e. The molecule has 1 heterocycles. The molecule has 21 heavy (non-hydrogen) atoms. The second-order valence-corrected chi connectivity index (χ2v) is 8.99. The van der Waals surface area contributed by atoms with Crippen LogP contribution in [0.2, 0.25) is 0 Å². The lowest BCUT2D eigenvalue weighted by Crippen LogP contribution is -2.35. The Morgan fingerprint density at radius 2 is 2.05 bits per heavy atom. The van der Waals surface area contributed by atoms with Gasteiger partial charge in [0.2, 0.25) is 10.0 Å². The Morgan fingerprint density at radius 1 is 1.33 bits per heavy atom. The molecular weight excluding hydrogens is 304 g/mol. The fraction of sp³-hybridized carbons (Fsp3) is 0.733. The quantitative estimate of drug-likeness (QED) is 0.798. The molecule has 3 rings (SSSR count). The molecule has 6 heteroatoms. The van der Waals surface area contributed by atoms with Crippen LogP contribution < -0.4 is 5.32 Å². The molecule has 1 N–H and O–H groups in total. The van der Waals surface area contributed by atoms with Gasteiger partial charge in [0.1, 0.15) is 4.90 Å². The summed E-state index contributed by atoms with van der Waals surface area (Å²) in [5.74, 6) is 0.594. The van der Waals surface area contributed by atoms with E-state index in [1.807, 2.05) is 19.2 Å². The third kappa shape index (κ3) is 3.33. The Kier molecular flexibility index (Phi) is 4.41. The van der Waals surface area contributed by atoms with E-state index >= 15 is 0 Å². The largest absolute Gasteiger partial charge is 0.312 e. The molecule has 2 fully saturated rings. The lowest BCUT2D eigenvalue weighted by Gasteiger charge is -2.22. The Balaban J connectivity index is 1.90. The first kappa shape index (κ1) is 15.5. The molecule has 0 radical (unpaired) electrons. The van der Waals surface area contributed by atoms with Crippen LogP contribution in [0.4, 0.5) is 0 Å². The van der Waals surface area contributed by atoms with Crippen LogP contribution in [0.3, 0.4) is 0 Å². The van der Waals surface area contributed by atoms with Crippen molar-refractivity contribution in [3.63, 3.8) is 0 Å². The Hall–Kier alpha value is -0.430. The van der Waals surface area contributed by atoms with Crippen LogP contribution >= 0.6 is 11.3 Å². The van der Waals surface area contributed by atoms with E-state index in [-0.39, 0.29) is 6.04 Å². The van der Waals surface area contributed by atoms with Crippen molar-refractivity contribution in [1.29, 1.82) is 0 Å². The third-order valence-electron chi connectivity index (χ3n) is 4.18. The number of sulfonamides is 1. The van der Waals surface area contributed by atoms with Crippen molar-refractivity contribution in [3.05, 3.63) is 15.8 Å². The third-order valence-corrected chi connectivity index (χ3v) is 7.56. The average Bonchev–Trinajstić information content (AvgIpc) is 3.32. The lowest BCUT2D eigenvalue weighted by atomic mass is 10.3. The van der Waals surface area contributed by atoms with Crippen molar-refractivity contribution in [3.8, 4) is 0 Å². The summed E-state index contributed by atoms with van der Waals surface area (Å²) < 4.78 is 28.1. The predicted molar refractivity (Wildman–Crippen MR) is 86.1 cm³/mol. The Morgan fingerprint density at radius 3 is 2.62 bits per heavy atom. The van der Waals surface area contributed by atoms with Crippen molar-refractivity contribution in [2.75, 3.05) is 13.1 Å². The van der Waals surface area contributed by atoms with Gasteiger partial charge in [0.05, 0.1) is 0 Å². The molecule has 1 aromatic rings. The van der Waals surface area contributed by atoms with E-state index in [1.54, 1.807) is 15.6 Å². The van der Waals surface area contributed by atoms with Gasteiger partial charge >= 0.3 is 0 Å². The van der Waals surface area contributed by atoms with E-state index in [4.69, 9.17) is 0 Å². The number of aryl methyl sites for hydroxylation is 1. The maximum Gasteiger partial charge on any atom is 0.244 e. The first-order chi connectivity index (χ1) is 10.0. The predicted octanol–water partition coefficient (Wildman–Crippen LogP) is 2.73. The minimum atomic E-state index is -3.34. The molecule has 0 spiro atoms. The summed E-state index contributed by atoms with van der Waals surface area (Å²) in [5, 5.41) is 5.23. The highest BCUT2D eigenvalue weighted by atomic mass is 32.2. The summed E-state index contributed by atoms with van der Waals surface area (Å²) in [6.07, 6.45) is 4.42. The SMILES string of the molecule is CCNCc1scc(C)c1S(=O)(=O)N(CC1CC1)C1CC1. The molecule has 0 atom stereocenters. The molecule has 0 amide bonds. The molecule has 0 aliphatic heterocycles. The van der Waals surface area contributed by atoms with Crippen molar-refractivity contribution < 1.29 is 8.42 Å². The molecule has 118 valence electrons. The smallest absolute Gasteiger partial charge is 0.244 e. The van der Waals surface area contributed by atoms with Crippen LogP contribution in [0.5, 0.6) is 0 Å². The van der Waals surface area contributed by atoms with Crippen LogP contribution in [0.25, 0.3) is 0 Å². The van der Waals surface area contributed by atoms with Crippen LogP contribution in [0.15, 0.2) is 10.3 Å². The van der Waals surface area contributed by atoms with Crippen molar-refractivity contribution in [1.82, 2.24) is 9.62 Å². The number of nitrogens with one attached hydrogen (secondary N) is 1. The fourth-order valence-electron chi connectivity index (χ4n) is 2.67. The molecule has 0 aromatic carbocycles. The van der Waals surface area contributed by atoms with Gasteiger partial charge in [-0.2, -0.15) is 4.31 Å². The number of rotatable bonds is 8. The van der Waals surface area contributed by atoms with Crippen molar-refractivity contribution in [2.24, 2.45) is 5.92 Å². The first-order valence-electron chi connectivity index (χ1n) is 7.83. The van der Waals surface area contributed by atoms with E-state index in [9.17, 15) is 8.42 Å². The van der Waals surface area contributed by atoms with E-state index in [1.165, 1.54) is 12.8 Å². The topological polar surface area (TPSA) is 49.4 Å². The zero-order valence-electron chi connectivity index (χ0n) is 12.8. The molecule has 0 bridgehead atoms. The summed E-state index contributed by atoms with van der Waals surface area (Å²) in [6, 6.07) is 0.252. The second-order valence-electron chi connectivity index (χ2n) is 6.20. The van der Waals surface area contributed by atoms with Gasteiger partial charge in [0.15, 0.2) is 0 Å². The highest BCUT2D eigenvalue weighted by molar-refractivity contribution is 7.89. The van der Waals surface area contributed by atoms with Crippen LogP contribution in [-0.2, 0) is 16.6 Å². The highest BCUT2D eigenvalue weighted by Gasteiger charge is 2.42. The fourth-order valence-corrected chi connectivity index (χ4v) is 6.17. The van der Waals surface area contributed by atoms with Gasteiger partial charge in [-0.3, -0.25) is 0 Å². The molecule has 2 aliphatic rings. The maximum absolute atomic E-state index is 13.1. The molecule has 2 aliphatic carbocycles. The lowest BCUT2D eigenvalue weighted by molar-refractivity contribution is 0.388. The van der Waals surface area contributed by atoms with Gasteiger partial charge in [-0.25, -0.2) is 8.42 Å². The number of nitrogens with zero attached hydrogens (tertiary/aromatic N) is 1. The molecule has 2 saturated carbocycles. The molecular formula is C15H24N2O2S2. The van der Waals surface area contributed by atoms with Gasteiger partial charge in [-0.05, 0) is 56.0 Å². The normalized spacial score (nSPS) is 19.4. The van der Waals surface area contributed by atoms with E-state index in [0.29, 0.717) is 17.4 Å². The standard InChI is InChI=1S/C15H24N2O2S2/c1-3-16-8-14-15(11(2)10-20-14)21(18,19)17(13-6-7-13)9-12-4-5-12/h10,12-13,16H,3-9H2,1-2H3. The van der Waals surface area contributed by atoms with Crippen LogP contribution in [0.1, 0.15) is 43.0 Å². The monoisotopic (exact) mass is 328 g/mol. The maximum atomic E-state index is 13.1. The first-order valence-corrected chi connectivity index (χ1v) is 10.2. The average molecular weight is 329 g/mol. The second kappa shape index (κ2) is 5.99. The van der Waals surface area contributed by atoms with Gasteiger partial charge in [-0.15, -0.1) is 11.3 Å². The molecule has 0 saturated heterocycles. The summed E-state index contributed by atoms with van der Waals surface area (Å²) in [5.41, 5.74) is 0.898. The molecule has 1 aromatic heterocycles. The number of hydrogen-bond acceptors (Lipinski definition) is 4. The van der Waals surface area contributed by atoms with E-state index in [0.717, 1.165) is 36.4 Å². The highest BCUT2D eigenvalue weighted by Crippen LogP contribution is 2.40. The van der Waals surface area contributed by atoms with Crippen molar-refractivity contribution >= 4 is 21.4 Å². The number of thiophene rings is 1. The Labute approximate surface area is 131 Å². The summed E-state index contributed by atoms with van der Waals surface area (Å²) in [6.45, 7) is 6.18. The summed E-state index contributed by atoms with van der Waals surface area (Å²) in [7, 11) is -3.34. The summed E-state index contributed by atoms with van der Waals surface area (Å²) in [4.78, 5) is 1.52. The van der Waals surface area contributed by atoms with Crippen LogP contribution in [-0.4, -0.2) is 31.9 Å². The molecule has 4 nitrogen and oxygen atoms in total. The van der Waals surface area contributed by atoms with Gasteiger partial charge in [0.25, 0.3) is 0 Å². The van der Waals surface area contributed by atoms with Gasteiger partial charge in [-0.1, -0.05) is 6.92 Å². The van der Waals surface area contributed by atoms with Gasteiger partial charge < -0.3 is 5.32 Å². The zero-order valence-corrected chi connectivity index (χ0v) is 14.4. The minimum absolute atomic E-state index is 0.252. The Bertz CT molecular complexity index is 601. The van der Waals surface area contributed by atoms with Crippen molar-refractivity contribution in [2.45, 2.75) is 57.0 Å². The zero-order chi connectivity index (χ0) is 15.0. The number of hydrogen-bond donors (Lipinski definition) is 1. The summed E-state index contributed by atoms with van der Waals surface area (Å²) >= 11 is 1.56. The van der Waals surface area contributed by atoms with E-state index in [2.05, 4.69) is 5.32 Å².